The quantitative estimate of drug-likeness (QED) is 0.677. The summed E-state index contributed by atoms with van der Waals surface area (Å²) in [7, 11) is 1.67. The second-order valence-electron chi connectivity index (χ2n) is 4.10. The molecule has 8 heteroatoms. The van der Waals surface area contributed by atoms with Crippen LogP contribution in [0.15, 0.2) is 10.6 Å². The van der Waals surface area contributed by atoms with Crippen molar-refractivity contribution < 1.29 is 9.15 Å². The molecule has 0 bridgehead atoms. The van der Waals surface area contributed by atoms with Crippen LogP contribution in [-0.4, -0.2) is 35.4 Å². The Labute approximate surface area is 121 Å². The minimum absolute atomic E-state index is 0.418. The van der Waals surface area contributed by atoms with E-state index in [1.807, 2.05) is 6.20 Å². The molecule has 0 saturated carbocycles. The Hall–Kier alpha value is -1.51. The number of aromatic nitrogens is 3. The highest BCUT2D eigenvalue weighted by Crippen LogP contribution is 2.15. The Morgan fingerprint density at radius 3 is 3.00 bits per heavy atom. The van der Waals surface area contributed by atoms with Crippen molar-refractivity contribution in [1.82, 2.24) is 20.5 Å². The molecule has 0 amide bonds. The van der Waals surface area contributed by atoms with Crippen LogP contribution in [-0.2, 0) is 24.2 Å². The Bertz CT molecular complexity index is 513. The van der Waals surface area contributed by atoms with Gasteiger partial charge in [-0.25, -0.2) is 4.98 Å². The zero-order valence-corrected chi connectivity index (χ0v) is 12.5. The third-order valence-electron chi connectivity index (χ3n) is 2.57. The molecule has 0 aliphatic heterocycles. The van der Waals surface area contributed by atoms with Crippen LogP contribution in [0.1, 0.15) is 22.7 Å². The van der Waals surface area contributed by atoms with Gasteiger partial charge in [-0.1, -0.05) is 12.0 Å². The fraction of sp³-hybridized carbons (Fsp3) is 0.583. The first-order chi connectivity index (χ1) is 9.81. The topological polar surface area (TPSA) is 85.1 Å². The van der Waals surface area contributed by atoms with Crippen LogP contribution in [0, 0.1) is 0 Å². The summed E-state index contributed by atoms with van der Waals surface area (Å²) in [5.74, 6) is 0.553. The highest BCUT2D eigenvalue weighted by Gasteiger charge is 2.06. The van der Waals surface area contributed by atoms with E-state index in [0.717, 1.165) is 18.0 Å². The molecule has 0 atom stereocenters. The molecule has 110 valence electrons. The van der Waals surface area contributed by atoms with E-state index in [2.05, 4.69) is 32.7 Å². The second kappa shape index (κ2) is 7.93. The van der Waals surface area contributed by atoms with E-state index in [1.54, 1.807) is 18.4 Å². The largest absolute Gasteiger partial charge is 0.407 e. The lowest BCUT2D eigenvalue weighted by Gasteiger charge is -1.99. The smallest absolute Gasteiger partial charge is 0.315 e. The molecule has 0 aliphatic carbocycles. The summed E-state index contributed by atoms with van der Waals surface area (Å²) in [6.07, 6.45) is 2.91. The molecule has 2 aromatic heterocycles. The standard InChI is InChI=1S/C12H19N5O2S/c1-3-9-6-14-11(20-9)8-15-12-17-16-10(19-12)7-13-4-5-18-2/h6,13H,3-5,7-8H2,1-2H3,(H,15,17). The monoisotopic (exact) mass is 297 g/mol. The molecule has 2 aromatic rings. The number of hydrogen-bond donors (Lipinski definition) is 2. The van der Waals surface area contributed by atoms with Crippen molar-refractivity contribution in [2.75, 3.05) is 25.6 Å². The van der Waals surface area contributed by atoms with Crippen molar-refractivity contribution in [1.29, 1.82) is 0 Å². The maximum atomic E-state index is 5.46. The molecule has 2 rings (SSSR count). The predicted octanol–water partition coefficient (Wildman–Crippen LogP) is 1.44. The van der Waals surface area contributed by atoms with Crippen molar-refractivity contribution in [2.24, 2.45) is 0 Å². The molecule has 0 aliphatic rings. The highest BCUT2D eigenvalue weighted by molar-refractivity contribution is 7.11. The lowest BCUT2D eigenvalue weighted by molar-refractivity contribution is 0.198. The molecule has 2 heterocycles. The number of hydrogen-bond acceptors (Lipinski definition) is 8. The molecule has 0 saturated heterocycles. The van der Waals surface area contributed by atoms with Gasteiger partial charge in [0.2, 0.25) is 5.89 Å². The molecule has 0 spiro atoms. The summed E-state index contributed by atoms with van der Waals surface area (Å²) in [6, 6.07) is 0.418. The number of nitrogens with one attached hydrogen (secondary N) is 2. The van der Waals surface area contributed by atoms with Gasteiger partial charge in [0.1, 0.15) is 5.01 Å². The first kappa shape index (κ1) is 14.9. The van der Waals surface area contributed by atoms with Gasteiger partial charge in [0.05, 0.1) is 19.7 Å². The van der Waals surface area contributed by atoms with Crippen molar-refractivity contribution in [2.45, 2.75) is 26.4 Å². The lowest BCUT2D eigenvalue weighted by Crippen LogP contribution is -2.18. The summed E-state index contributed by atoms with van der Waals surface area (Å²) in [5.41, 5.74) is 0. The van der Waals surface area contributed by atoms with Gasteiger partial charge in [0.15, 0.2) is 0 Å². The van der Waals surface area contributed by atoms with Crippen LogP contribution in [0.25, 0.3) is 0 Å². The Morgan fingerprint density at radius 1 is 1.35 bits per heavy atom. The Balaban J connectivity index is 1.74. The normalized spacial score (nSPS) is 10.9. The van der Waals surface area contributed by atoms with Crippen molar-refractivity contribution in [3.05, 3.63) is 22.0 Å². The Morgan fingerprint density at radius 2 is 2.25 bits per heavy atom. The fourth-order valence-corrected chi connectivity index (χ4v) is 2.31. The van der Waals surface area contributed by atoms with Gasteiger partial charge < -0.3 is 19.8 Å². The predicted molar refractivity (Wildman–Crippen MR) is 76.7 cm³/mol. The summed E-state index contributed by atoms with van der Waals surface area (Å²) in [5, 5.41) is 15.1. The third kappa shape index (κ3) is 4.55. The van der Waals surface area contributed by atoms with Gasteiger partial charge in [0, 0.05) is 24.7 Å². The average molecular weight is 297 g/mol. The number of thiazole rings is 1. The van der Waals surface area contributed by atoms with Gasteiger partial charge in [0.25, 0.3) is 0 Å². The van der Waals surface area contributed by atoms with Crippen LogP contribution in [0.4, 0.5) is 6.01 Å². The van der Waals surface area contributed by atoms with Crippen molar-refractivity contribution >= 4 is 17.4 Å². The molecular formula is C12H19N5O2S. The van der Waals surface area contributed by atoms with E-state index in [0.29, 0.717) is 31.6 Å². The van der Waals surface area contributed by atoms with Crippen LogP contribution in [0.2, 0.25) is 0 Å². The zero-order chi connectivity index (χ0) is 14.2. The van der Waals surface area contributed by atoms with Crippen LogP contribution in [0.5, 0.6) is 0 Å². The SMILES string of the molecule is CCc1cnc(CNc2nnc(CNCCOC)o2)s1. The molecule has 2 N–H and O–H groups in total. The highest BCUT2D eigenvalue weighted by atomic mass is 32.1. The van der Waals surface area contributed by atoms with E-state index in [-0.39, 0.29) is 0 Å². The minimum Gasteiger partial charge on any atom is -0.407 e. The lowest BCUT2D eigenvalue weighted by atomic mass is 10.4. The van der Waals surface area contributed by atoms with Crippen molar-refractivity contribution in [3.8, 4) is 0 Å². The average Bonchev–Trinajstić information content (AvgIpc) is 3.10. The van der Waals surface area contributed by atoms with E-state index >= 15 is 0 Å². The summed E-state index contributed by atoms with van der Waals surface area (Å²) in [4.78, 5) is 5.59. The second-order valence-corrected chi connectivity index (χ2v) is 5.30. The van der Waals surface area contributed by atoms with Gasteiger partial charge >= 0.3 is 6.01 Å². The molecule has 0 radical (unpaired) electrons. The molecule has 0 unspecified atom stereocenters. The maximum Gasteiger partial charge on any atom is 0.315 e. The van der Waals surface area contributed by atoms with Gasteiger partial charge in [-0.2, -0.15) is 0 Å². The van der Waals surface area contributed by atoms with E-state index in [4.69, 9.17) is 9.15 Å². The zero-order valence-electron chi connectivity index (χ0n) is 11.7. The maximum absolute atomic E-state index is 5.46. The van der Waals surface area contributed by atoms with E-state index < -0.39 is 0 Å². The number of methoxy groups -OCH3 is 1. The van der Waals surface area contributed by atoms with Crippen LogP contribution < -0.4 is 10.6 Å². The van der Waals surface area contributed by atoms with Gasteiger partial charge in [-0.05, 0) is 6.42 Å². The van der Waals surface area contributed by atoms with Gasteiger partial charge in [-0.3, -0.25) is 0 Å². The van der Waals surface area contributed by atoms with E-state index in [9.17, 15) is 0 Å². The number of ether oxygens (including phenoxy) is 1. The number of anilines is 1. The molecule has 20 heavy (non-hydrogen) atoms. The molecular weight excluding hydrogens is 278 g/mol. The molecule has 0 aromatic carbocycles. The first-order valence-electron chi connectivity index (χ1n) is 6.51. The van der Waals surface area contributed by atoms with Crippen molar-refractivity contribution in [3.63, 3.8) is 0 Å². The molecule has 7 nitrogen and oxygen atoms in total. The summed E-state index contributed by atoms with van der Waals surface area (Å²) < 4.78 is 10.4. The van der Waals surface area contributed by atoms with Crippen LogP contribution >= 0.6 is 11.3 Å². The first-order valence-corrected chi connectivity index (χ1v) is 7.33. The van der Waals surface area contributed by atoms with Crippen LogP contribution in [0.3, 0.4) is 0 Å². The fourth-order valence-electron chi connectivity index (χ4n) is 1.51. The minimum atomic E-state index is 0.418. The summed E-state index contributed by atoms with van der Waals surface area (Å²) >= 11 is 1.69. The third-order valence-corrected chi connectivity index (χ3v) is 3.71. The summed E-state index contributed by atoms with van der Waals surface area (Å²) in [6.45, 7) is 4.66. The Kier molecular flexibility index (Phi) is 5.90. The number of nitrogens with zero attached hydrogens (tertiary/aromatic N) is 3. The number of aryl methyl sites for hydroxylation is 1. The van der Waals surface area contributed by atoms with E-state index in [1.165, 1.54) is 4.88 Å². The number of rotatable bonds is 9. The molecule has 0 fully saturated rings. The van der Waals surface area contributed by atoms with Gasteiger partial charge in [-0.15, -0.1) is 16.4 Å².